The van der Waals surface area contributed by atoms with E-state index in [1.165, 1.54) is 19.2 Å². The molecule has 0 radical (unpaired) electrons. The lowest BCUT2D eigenvalue weighted by Gasteiger charge is -2.16. The Hall–Kier alpha value is -1.76. The summed E-state index contributed by atoms with van der Waals surface area (Å²) in [5.41, 5.74) is -0.460. The van der Waals surface area contributed by atoms with Crippen LogP contribution in [-0.4, -0.2) is 30.8 Å². The second-order valence-electron chi connectivity index (χ2n) is 3.89. The molecule has 2 N–H and O–H groups in total. The monoisotopic (exact) mass is 277 g/mol. The van der Waals surface area contributed by atoms with Crippen molar-refractivity contribution >= 4 is 11.7 Å². The summed E-state index contributed by atoms with van der Waals surface area (Å²) < 4.78 is 41.8. The highest BCUT2D eigenvalue weighted by molar-refractivity contribution is 5.77. The number of halogens is 3. The molecule has 0 aliphatic heterocycles. The van der Waals surface area contributed by atoms with Crippen molar-refractivity contribution in [3.05, 3.63) is 29.8 Å². The molecule has 4 nitrogen and oxygen atoms in total. The van der Waals surface area contributed by atoms with Crippen LogP contribution in [0.3, 0.4) is 0 Å². The standard InChI is InChI=1S/C12H14F3NO3/c1-19-7-6-10(11(17)18)16-9-4-2-8(3-5-9)12(13,14)15/h2-5,10,16H,6-7H2,1H3,(H,17,18). The maximum atomic E-state index is 12.3. The van der Waals surface area contributed by atoms with Crippen LogP contribution in [0.25, 0.3) is 0 Å². The highest BCUT2D eigenvalue weighted by Crippen LogP contribution is 2.29. The molecule has 1 rings (SSSR count). The molecule has 106 valence electrons. The molecule has 1 aromatic rings. The molecule has 19 heavy (non-hydrogen) atoms. The average molecular weight is 277 g/mol. The quantitative estimate of drug-likeness (QED) is 0.839. The van der Waals surface area contributed by atoms with E-state index in [9.17, 15) is 18.0 Å². The number of anilines is 1. The van der Waals surface area contributed by atoms with Crippen LogP contribution in [0, 0.1) is 0 Å². The Morgan fingerprint density at radius 1 is 1.37 bits per heavy atom. The van der Waals surface area contributed by atoms with Crippen molar-refractivity contribution in [3.63, 3.8) is 0 Å². The number of carboxylic acids is 1. The molecule has 0 saturated carbocycles. The van der Waals surface area contributed by atoms with Crippen LogP contribution in [0.1, 0.15) is 12.0 Å². The van der Waals surface area contributed by atoms with Crippen molar-refractivity contribution < 1.29 is 27.8 Å². The van der Waals surface area contributed by atoms with Crippen molar-refractivity contribution in [2.75, 3.05) is 19.0 Å². The molecule has 0 bridgehead atoms. The SMILES string of the molecule is COCCC(Nc1ccc(C(F)(F)F)cc1)C(=O)O. The topological polar surface area (TPSA) is 58.6 Å². The number of alkyl halides is 3. The van der Waals surface area contributed by atoms with Crippen molar-refractivity contribution in [1.82, 2.24) is 0 Å². The van der Waals surface area contributed by atoms with E-state index in [2.05, 4.69) is 5.32 Å². The Balaban J connectivity index is 2.72. The summed E-state index contributed by atoms with van der Waals surface area (Å²) in [5, 5.41) is 11.6. The van der Waals surface area contributed by atoms with Gasteiger partial charge < -0.3 is 15.2 Å². The first-order chi connectivity index (χ1) is 8.84. The highest BCUT2D eigenvalue weighted by Gasteiger charge is 2.30. The van der Waals surface area contributed by atoms with Crippen LogP contribution in [0.5, 0.6) is 0 Å². The molecule has 1 aromatic carbocycles. The normalized spacial score (nSPS) is 13.1. The maximum Gasteiger partial charge on any atom is 0.416 e. The smallest absolute Gasteiger partial charge is 0.416 e. The van der Waals surface area contributed by atoms with E-state index >= 15 is 0 Å². The zero-order valence-corrected chi connectivity index (χ0v) is 10.2. The largest absolute Gasteiger partial charge is 0.480 e. The third-order valence-electron chi connectivity index (χ3n) is 2.46. The summed E-state index contributed by atoms with van der Waals surface area (Å²) >= 11 is 0. The van der Waals surface area contributed by atoms with Gasteiger partial charge in [-0.1, -0.05) is 0 Å². The summed E-state index contributed by atoms with van der Waals surface area (Å²) in [6, 6.07) is 3.29. The van der Waals surface area contributed by atoms with Gasteiger partial charge in [0.05, 0.1) is 5.56 Å². The van der Waals surface area contributed by atoms with Gasteiger partial charge in [-0.3, -0.25) is 0 Å². The minimum atomic E-state index is -4.40. The number of ether oxygens (including phenoxy) is 1. The number of rotatable bonds is 6. The summed E-state index contributed by atoms with van der Waals surface area (Å²) in [5.74, 6) is -1.09. The van der Waals surface area contributed by atoms with Crippen LogP contribution < -0.4 is 5.32 Å². The van der Waals surface area contributed by atoms with E-state index < -0.39 is 23.8 Å². The minimum absolute atomic E-state index is 0.215. The second kappa shape index (κ2) is 6.42. The van der Waals surface area contributed by atoms with Gasteiger partial charge in [0.1, 0.15) is 6.04 Å². The van der Waals surface area contributed by atoms with E-state index in [1.54, 1.807) is 0 Å². The number of nitrogens with one attached hydrogen (secondary N) is 1. The Bertz CT molecular complexity index is 417. The molecule has 1 unspecified atom stereocenters. The first kappa shape index (κ1) is 15.3. The second-order valence-corrected chi connectivity index (χ2v) is 3.89. The fourth-order valence-corrected chi connectivity index (χ4v) is 1.45. The molecular weight excluding hydrogens is 263 g/mol. The lowest BCUT2D eigenvalue weighted by Crippen LogP contribution is -2.30. The number of carbonyl (C=O) groups is 1. The fourth-order valence-electron chi connectivity index (χ4n) is 1.45. The molecule has 7 heteroatoms. The summed E-state index contributed by atoms with van der Waals surface area (Å²) in [4.78, 5) is 10.9. The summed E-state index contributed by atoms with van der Waals surface area (Å²) in [6.07, 6.45) is -4.19. The zero-order chi connectivity index (χ0) is 14.5. The molecule has 0 spiro atoms. The van der Waals surface area contributed by atoms with Crippen LogP contribution >= 0.6 is 0 Å². The van der Waals surface area contributed by atoms with Gasteiger partial charge in [0.2, 0.25) is 0 Å². The summed E-state index contributed by atoms with van der Waals surface area (Å²) in [6.45, 7) is 0.241. The van der Waals surface area contributed by atoms with E-state index in [-0.39, 0.29) is 13.0 Å². The maximum absolute atomic E-state index is 12.3. The Labute approximate surface area is 108 Å². The van der Waals surface area contributed by atoms with Gasteiger partial charge in [-0.2, -0.15) is 13.2 Å². The van der Waals surface area contributed by atoms with Crippen LogP contribution in [0.15, 0.2) is 24.3 Å². The van der Waals surface area contributed by atoms with Crippen molar-refractivity contribution in [2.45, 2.75) is 18.6 Å². The third kappa shape index (κ3) is 4.78. The van der Waals surface area contributed by atoms with Crippen LogP contribution in [0.2, 0.25) is 0 Å². The van der Waals surface area contributed by atoms with Gasteiger partial charge in [0.15, 0.2) is 0 Å². The van der Waals surface area contributed by atoms with Crippen molar-refractivity contribution in [3.8, 4) is 0 Å². The minimum Gasteiger partial charge on any atom is -0.480 e. The molecule has 0 aromatic heterocycles. The number of hydrogen-bond donors (Lipinski definition) is 2. The predicted molar refractivity (Wildman–Crippen MR) is 63.0 cm³/mol. The molecule has 0 heterocycles. The van der Waals surface area contributed by atoms with Gasteiger partial charge in [0.25, 0.3) is 0 Å². The van der Waals surface area contributed by atoms with Crippen molar-refractivity contribution in [2.24, 2.45) is 0 Å². The van der Waals surface area contributed by atoms with E-state index in [0.717, 1.165) is 12.1 Å². The van der Waals surface area contributed by atoms with Gasteiger partial charge in [0, 0.05) is 25.8 Å². The molecule has 0 saturated heterocycles. The lowest BCUT2D eigenvalue weighted by molar-refractivity contribution is -0.139. The molecule has 0 fully saturated rings. The van der Waals surface area contributed by atoms with Gasteiger partial charge >= 0.3 is 12.1 Å². The first-order valence-corrected chi connectivity index (χ1v) is 5.50. The average Bonchev–Trinajstić information content (AvgIpc) is 2.33. The molecular formula is C12H14F3NO3. The molecule has 0 aliphatic carbocycles. The Kier molecular flexibility index (Phi) is 5.17. The van der Waals surface area contributed by atoms with E-state index in [0.29, 0.717) is 5.69 Å². The van der Waals surface area contributed by atoms with E-state index in [1.807, 2.05) is 0 Å². The predicted octanol–water partition coefficient (Wildman–Crippen LogP) is 2.61. The summed E-state index contributed by atoms with van der Waals surface area (Å²) in [7, 11) is 1.44. The fraction of sp³-hybridized carbons (Fsp3) is 0.417. The Morgan fingerprint density at radius 2 is 1.95 bits per heavy atom. The number of carboxylic acid groups (broad SMARTS) is 1. The molecule has 0 amide bonds. The first-order valence-electron chi connectivity index (χ1n) is 5.50. The third-order valence-corrected chi connectivity index (χ3v) is 2.46. The van der Waals surface area contributed by atoms with Crippen LogP contribution in [0.4, 0.5) is 18.9 Å². The Morgan fingerprint density at radius 3 is 2.37 bits per heavy atom. The number of hydrogen-bond acceptors (Lipinski definition) is 3. The number of aliphatic carboxylic acids is 1. The van der Waals surface area contributed by atoms with Crippen LogP contribution in [-0.2, 0) is 15.7 Å². The number of methoxy groups -OCH3 is 1. The van der Waals surface area contributed by atoms with Gasteiger partial charge in [-0.25, -0.2) is 4.79 Å². The lowest BCUT2D eigenvalue weighted by atomic mass is 10.1. The number of benzene rings is 1. The van der Waals surface area contributed by atoms with Gasteiger partial charge in [-0.05, 0) is 24.3 Å². The van der Waals surface area contributed by atoms with Gasteiger partial charge in [-0.15, -0.1) is 0 Å². The zero-order valence-electron chi connectivity index (χ0n) is 10.2. The van der Waals surface area contributed by atoms with E-state index in [4.69, 9.17) is 9.84 Å². The van der Waals surface area contributed by atoms with Crippen molar-refractivity contribution in [1.29, 1.82) is 0 Å². The molecule has 1 atom stereocenters. The molecule has 0 aliphatic rings. The highest BCUT2D eigenvalue weighted by atomic mass is 19.4.